The molecule has 0 unspecified atom stereocenters. The van der Waals surface area contributed by atoms with Crippen LogP contribution in [0.1, 0.15) is 13.8 Å². The van der Waals surface area contributed by atoms with Gasteiger partial charge in [-0.3, -0.25) is 4.79 Å². The molecule has 7 nitrogen and oxygen atoms in total. The summed E-state index contributed by atoms with van der Waals surface area (Å²) < 4.78 is 16.3. The SMILES string of the molecule is C[C@@H]1CN(C(=O)COc2ccc(-c3nnco3)cc2)C[C@@H](C)O1. The molecule has 2 heterocycles. The van der Waals surface area contributed by atoms with Crippen molar-refractivity contribution in [1.82, 2.24) is 15.1 Å². The lowest BCUT2D eigenvalue weighted by atomic mass is 10.2. The summed E-state index contributed by atoms with van der Waals surface area (Å²) in [5.41, 5.74) is 0.803. The summed E-state index contributed by atoms with van der Waals surface area (Å²) >= 11 is 0. The van der Waals surface area contributed by atoms with Gasteiger partial charge in [-0.15, -0.1) is 10.2 Å². The molecule has 0 aliphatic carbocycles. The monoisotopic (exact) mass is 317 g/mol. The largest absolute Gasteiger partial charge is 0.484 e. The molecule has 0 saturated carbocycles. The molecule has 1 aliphatic rings. The Kier molecular flexibility index (Phi) is 4.57. The molecule has 1 aliphatic heterocycles. The lowest BCUT2D eigenvalue weighted by Gasteiger charge is -2.35. The molecule has 1 aromatic heterocycles. The predicted octanol–water partition coefficient (Wildman–Crippen LogP) is 1.75. The van der Waals surface area contributed by atoms with Crippen molar-refractivity contribution in [2.75, 3.05) is 19.7 Å². The van der Waals surface area contributed by atoms with Crippen LogP contribution in [0, 0.1) is 0 Å². The molecular weight excluding hydrogens is 298 g/mol. The number of hydrogen-bond acceptors (Lipinski definition) is 6. The summed E-state index contributed by atoms with van der Waals surface area (Å²) in [6.07, 6.45) is 1.38. The maximum Gasteiger partial charge on any atom is 0.260 e. The second-order valence-corrected chi connectivity index (χ2v) is 5.61. The number of hydrogen-bond donors (Lipinski definition) is 0. The Bertz CT molecular complexity index is 632. The third kappa shape index (κ3) is 3.87. The summed E-state index contributed by atoms with van der Waals surface area (Å²) in [7, 11) is 0. The zero-order valence-corrected chi connectivity index (χ0v) is 13.1. The molecule has 122 valence electrons. The lowest BCUT2D eigenvalue weighted by molar-refractivity contribution is -0.145. The number of ether oxygens (including phenoxy) is 2. The number of aromatic nitrogens is 2. The van der Waals surface area contributed by atoms with Crippen molar-refractivity contribution >= 4 is 5.91 Å². The van der Waals surface area contributed by atoms with Gasteiger partial charge < -0.3 is 18.8 Å². The number of carbonyl (C=O) groups is 1. The van der Waals surface area contributed by atoms with Crippen LogP contribution < -0.4 is 4.74 Å². The quantitative estimate of drug-likeness (QED) is 0.855. The Morgan fingerprint density at radius 2 is 1.96 bits per heavy atom. The van der Waals surface area contributed by atoms with Crippen molar-refractivity contribution in [1.29, 1.82) is 0 Å². The van der Waals surface area contributed by atoms with Crippen molar-refractivity contribution in [3.63, 3.8) is 0 Å². The Labute approximate surface area is 134 Å². The zero-order chi connectivity index (χ0) is 16.2. The van der Waals surface area contributed by atoms with Crippen molar-refractivity contribution in [3.8, 4) is 17.2 Å². The number of amides is 1. The summed E-state index contributed by atoms with van der Waals surface area (Å²) in [4.78, 5) is 14.0. The van der Waals surface area contributed by atoms with Gasteiger partial charge in [-0.05, 0) is 38.1 Å². The Balaban J connectivity index is 1.54. The van der Waals surface area contributed by atoms with E-state index in [1.165, 1.54) is 6.39 Å². The van der Waals surface area contributed by atoms with E-state index in [1.54, 1.807) is 17.0 Å². The average Bonchev–Trinajstić information content (AvgIpc) is 3.06. The van der Waals surface area contributed by atoms with E-state index in [0.717, 1.165) is 5.56 Å². The second kappa shape index (κ2) is 6.78. The molecule has 3 rings (SSSR count). The summed E-state index contributed by atoms with van der Waals surface area (Å²) in [5, 5.41) is 7.47. The lowest BCUT2D eigenvalue weighted by Crippen LogP contribution is -2.49. The molecule has 1 fully saturated rings. The van der Waals surface area contributed by atoms with Gasteiger partial charge in [0.05, 0.1) is 12.2 Å². The molecule has 7 heteroatoms. The number of rotatable bonds is 4. The molecule has 1 saturated heterocycles. The smallest absolute Gasteiger partial charge is 0.260 e. The van der Waals surface area contributed by atoms with Gasteiger partial charge in [0.2, 0.25) is 12.3 Å². The molecule has 0 N–H and O–H groups in total. The van der Waals surface area contributed by atoms with Gasteiger partial charge in [-0.1, -0.05) is 0 Å². The predicted molar refractivity (Wildman–Crippen MR) is 81.8 cm³/mol. The fourth-order valence-electron chi connectivity index (χ4n) is 2.61. The van der Waals surface area contributed by atoms with E-state index in [2.05, 4.69) is 10.2 Å². The van der Waals surface area contributed by atoms with Gasteiger partial charge >= 0.3 is 0 Å². The zero-order valence-electron chi connectivity index (χ0n) is 13.1. The molecule has 1 amide bonds. The fourth-order valence-corrected chi connectivity index (χ4v) is 2.61. The van der Waals surface area contributed by atoms with Gasteiger partial charge in [-0.25, -0.2) is 0 Å². The fraction of sp³-hybridized carbons (Fsp3) is 0.438. The van der Waals surface area contributed by atoms with Crippen molar-refractivity contribution < 1.29 is 18.7 Å². The molecule has 0 bridgehead atoms. The van der Waals surface area contributed by atoms with E-state index in [4.69, 9.17) is 13.9 Å². The first-order valence-corrected chi connectivity index (χ1v) is 7.54. The Morgan fingerprint density at radius 1 is 1.26 bits per heavy atom. The maximum absolute atomic E-state index is 12.2. The first-order valence-electron chi connectivity index (χ1n) is 7.54. The van der Waals surface area contributed by atoms with E-state index in [9.17, 15) is 4.79 Å². The molecule has 0 radical (unpaired) electrons. The molecule has 0 spiro atoms. The van der Waals surface area contributed by atoms with Crippen LogP contribution in [-0.2, 0) is 9.53 Å². The van der Waals surface area contributed by atoms with Crippen LogP contribution >= 0.6 is 0 Å². The highest BCUT2D eigenvalue weighted by Crippen LogP contribution is 2.20. The van der Waals surface area contributed by atoms with Gasteiger partial charge in [0.25, 0.3) is 5.91 Å². The first kappa shape index (κ1) is 15.5. The van der Waals surface area contributed by atoms with E-state index in [-0.39, 0.29) is 24.7 Å². The third-order valence-corrected chi connectivity index (χ3v) is 3.60. The normalized spacial score (nSPS) is 21.2. The number of nitrogens with zero attached hydrogens (tertiary/aromatic N) is 3. The van der Waals surface area contributed by atoms with E-state index in [1.807, 2.05) is 26.0 Å². The van der Waals surface area contributed by atoms with Crippen LogP contribution in [0.25, 0.3) is 11.5 Å². The second-order valence-electron chi connectivity index (χ2n) is 5.61. The minimum Gasteiger partial charge on any atom is -0.484 e. The Morgan fingerprint density at radius 3 is 2.57 bits per heavy atom. The molecule has 23 heavy (non-hydrogen) atoms. The van der Waals surface area contributed by atoms with E-state index in [0.29, 0.717) is 24.7 Å². The highest BCUT2D eigenvalue weighted by Gasteiger charge is 2.25. The van der Waals surface area contributed by atoms with Gasteiger partial charge in [0.15, 0.2) is 6.61 Å². The van der Waals surface area contributed by atoms with Crippen LogP contribution in [0.5, 0.6) is 5.75 Å². The van der Waals surface area contributed by atoms with Crippen LogP contribution in [0.3, 0.4) is 0 Å². The van der Waals surface area contributed by atoms with Crippen molar-refractivity contribution in [3.05, 3.63) is 30.7 Å². The van der Waals surface area contributed by atoms with Gasteiger partial charge in [-0.2, -0.15) is 0 Å². The van der Waals surface area contributed by atoms with E-state index >= 15 is 0 Å². The Hall–Kier alpha value is -2.41. The number of benzene rings is 1. The third-order valence-electron chi connectivity index (χ3n) is 3.60. The average molecular weight is 317 g/mol. The van der Waals surface area contributed by atoms with Gasteiger partial charge in [0.1, 0.15) is 5.75 Å². The standard InChI is InChI=1S/C16H19N3O4/c1-11-7-19(8-12(2)23-11)15(20)9-21-14-5-3-13(4-6-14)16-18-17-10-22-16/h3-6,10-12H,7-9H2,1-2H3/t11-,12-/m1/s1. The molecular formula is C16H19N3O4. The number of morpholine rings is 1. The van der Waals surface area contributed by atoms with Crippen LogP contribution in [0.15, 0.2) is 35.1 Å². The first-order chi connectivity index (χ1) is 11.1. The number of carbonyl (C=O) groups excluding carboxylic acids is 1. The topological polar surface area (TPSA) is 77.7 Å². The highest BCUT2D eigenvalue weighted by atomic mass is 16.5. The molecule has 1 aromatic carbocycles. The van der Waals surface area contributed by atoms with Crippen LogP contribution in [0.2, 0.25) is 0 Å². The minimum absolute atomic E-state index is 0.0132. The van der Waals surface area contributed by atoms with E-state index < -0.39 is 0 Å². The molecule has 2 aromatic rings. The highest BCUT2D eigenvalue weighted by molar-refractivity contribution is 5.78. The van der Waals surface area contributed by atoms with Crippen LogP contribution in [-0.4, -0.2) is 52.9 Å². The van der Waals surface area contributed by atoms with Crippen molar-refractivity contribution in [2.24, 2.45) is 0 Å². The van der Waals surface area contributed by atoms with Crippen LogP contribution in [0.4, 0.5) is 0 Å². The maximum atomic E-state index is 12.2. The minimum atomic E-state index is -0.0343. The summed E-state index contributed by atoms with van der Waals surface area (Å²) in [6, 6.07) is 7.17. The summed E-state index contributed by atoms with van der Waals surface area (Å²) in [5.74, 6) is 1.04. The van der Waals surface area contributed by atoms with Gasteiger partial charge in [0, 0.05) is 18.7 Å². The summed E-state index contributed by atoms with van der Waals surface area (Å²) in [6.45, 7) is 5.14. The van der Waals surface area contributed by atoms with Crippen molar-refractivity contribution in [2.45, 2.75) is 26.1 Å². The molecule has 2 atom stereocenters.